The van der Waals surface area contributed by atoms with Crippen LogP contribution in [0.2, 0.25) is 0 Å². The number of rotatable bonds is 25. The summed E-state index contributed by atoms with van der Waals surface area (Å²) in [4.78, 5) is 51.4. The number of alkyl halides is 6. The molecule has 0 spiro atoms. The number of aryl methyl sites for hydroxylation is 1. The van der Waals surface area contributed by atoms with Gasteiger partial charge in [0.2, 0.25) is 47.1 Å². The van der Waals surface area contributed by atoms with E-state index in [1.807, 2.05) is 49.4 Å². The van der Waals surface area contributed by atoms with Gasteiger partial charge in [-0.05, 0) is 133 Å². The summed E-state index contributed by atoms with van der Waals surface area (Å²) >= 11 is 6.80. The number of halogens is 8. The lowest BCUT2D eigenvalue weighted by Crippen LogP contribution is -2.29. The van der Waals surface area contributed by atoms with E-state index >= 15 is 0 Å². The third kappa shape index (κ3) is 21.4. The van der Waals surface area contributed by atoms with Crippen molar-refractivity contribution in [3.05, 3.63) is 159 Å². The molecule has 36 heteroatoms. The highest BCUT2D eigenvalue weighted by Gasteiger charge is 2.39. The van der Waals surface area contributed by atoms with Gasteiger partial charge in [-0.25, -0.2) is 24.9 Å². The number of aromatic nitrogens is 9. The average Bonchev–Trinajstić information content (AvgIpc) is 1.55. The van der Waals surface area contributed by atoms with Gasteiger partial charge >= 0.3 is 12.4 Å². The number of carbonyl (C=O) groups is 1. The molecule has 5 aromatic carbocycles. The quantitative estimate of drug-likeness (QED) is 0.0195. The Balaban J connectivity index is 0.000000147. The van der Waals surface area contributed by atoms with Crippen LogP contribution in [-0.2, 0) is 30.0 Å². The number of nitrogens with zero attached hydrogens (tertiary/aromatic N) is 10. The number of fused-ring (bicyclic) bond motifs is 2. The van der Waals surface area contributed by atoms with E-state index in [4.69, 9.17) is 48.4 Å². The monoisotopic (exact) mass is 1660 g/mol. The molecule has 584 valence electrons. The maximum atomic E-state index is 13.2. The predicted octanol–water partition coefficient (Wildman–Crippen LogP) is 17.3. The predicted molar refractivity (Wildman–Crippen MR) is 415 cm³/mol. The van der Waals surface area contributed by atoms with E-state index < -0.39 is 23.5 Å². The molecule has 111 heavy (non-hydrogen) atoms. The maximum absolute atomic E-state index is 13.2. The molecule has 1 unspecified atom stereocenters. The van der Waals surface area contributed by atoms with Crippen LogP contribution >= 0.6 is 31.9 Å². The second-order valence-corrected chi connectivity index (χ2v) is 26.7. The number of hydrogen-bond donors (Lipinski definition) is 8. The number of nitrogens with two attached hydrogens (primary N) is 1. The number of carbonyl (C=O) groups excluding carboxylic acids is 1. The van der Waals surface area contributed by atoms with Gasteiger partial charge in [0.1, 0.15) is 45.9 Å². The molecule has 2 saturated carbocycles. The first kappa shape index (κ1) is 80.2. The third-order valence-electron chi connectivity index (χ3n) is 16.7. The molecule has 4 aliphatic rings. The lowest BCUT2D eigenvalue weighted by atomic mass is 10.1. The molecule has 0 amide bonds. The van der Waals surface area contributed by atoms with Gasteiger partial charge in [-0.15, -0.1) is 0 Å². The standard InChI is InChI=1S/C22H22BrN3O5.C19H19BrN4O4.C18H21F3N6.C16H16F3N5O/c1-13(27)9-14-7-5-6-8-17(14)31-21-16(23)12-24-22(26-21)25-15-10-18(28-2)20(30-4)19(11-15)29-3;1-25-15-8-11(9-16(26-2)17(15)27-3)23-19-22-10-12(20)18(24-19)28-14-7-5-4-6-13(14)21;1-2-27-7-3-4-11-8-13(9-22-16(11)27)25-17-23-10-14(18(19,20)21)15(26-17)24-12-5-6-12;1-8-21-12-5-4-10(6-13(12)25-8)23-15-20-7-11(16(17,18)19)14(24-15)22-9-2-3-9/h5-8,10-12H,9H2,1-4H3,(H,24,25,26);4-10H,21H2,1-3H3,(H,22,23,24);8-10,12H,2-7H2,1H3,(H2,23,24,25,26);4-9,21H,2-3H2,1H3,(H2,20,22,23,24). The molecule has 2 aliphatic heterocycles. The van der Waals surface area contributed by atoms with Gasteiger partial charge in [0, 0.05) is 96.9 Å². The number of para-hydroxylation sites is 3. The van der Waals surface area contributed by atoms with Gasteiger partial charge in [-0.1, -0.05) is 30.3 Å². The summed E-state index contributed by atoms with van der Waals surface area (Å²) in [6.07, 6.45) is 2.99. The molecule has 0 saturated heterocycles. The highest BCUT2D eigenvalue weighted by atomic mass is 79.9. The largest absolute Gasteiger partial charge is 0.493 e. The molecule has 10 aromatic rings. The van der Waals surface area contributed by atoms with E-state index in [0.717, 1.165) is 86.6 Å². The van der Waals surface area contributed by atoms with Crippen molar-refractivity contribution in [3.63, 3.8) is 0 Å². The van der Waals surface area contributed by atoms with Gasteiger partial charge in [0.25, 0.3) is 0 Å². The van der Waals surface area contributed by atoms with Crippen LogP contribution in [-0.4, -0.2) is 125 Å². The number of anilines is 13. The van der Waals surface area contributed by atoms with E-state index in [9.17, 15) is 31.1 Å². The fourth-order valence-electron chi connectivity index (χ4n) is 11.1. The Hall–Kier alpha value is -11.8. The van der Waals surface area contributed by atoms with Crippen molar-refractivity contribution in [1.29, 1.82) is 0 Å². The molecule has 28 nitrogen and oxygen atoms in total. The minimum atomic E-state index is -4.50. The molecule has 7 heterocycles. The lowest BCUT2D eigenvalue weighted by Gasteiger charge is -2.29. The number of methoxy groups -OCH3 is 6. The van der Waals surface area contributed by atoms with Crippen molar-refractivity contribution >= 4 is 113 Å². The summed E-state index contributed by atoms with van der Waals surface area (Å²) < 4.78 is 130. The van der Waals surface area contributed by atoms with Crippen molar-refractivity contribution in [2.45, 2.75) is 96.4 Å². The number of ether oxygens (including phenoxy) is 9. The minimum absolute atomic E-state index is 0.0440. The molecule has 9 N–H and O–H groups in total. The summed E-state index contributed by atoms with van der Waals surface area (Å²) in [5, 5.41) is 20.9. The smallest absolute Gasteiger partial charge is 0.421 e. The van der Waals surface area contributed by atoms with Crippen LogP contribution in [0, 0.1) is 0 Å². The van der Waals surface area contributed by atoms with Crippen LogP contribution in [0.3, 0.4) is 0 Å². The Labute approximate surface area is 651 Å². The third-order valence-corrected chi connectivity index (χ3v) is 17.8. The first-order chi connectivity index (χ1) is 53.3. The Morgan fingerprint density at radius 3 is 1.51 bits per heavy atom. The number of ketones is 1. The minimum Gasteiger partial charge on any atom is -0.493 e. The summed E-state index contributed by atoms with van der Waals surface area (Å²) in [5.41, 5.74) is 10.1. The van der Waals surface area contributed by atoms with Gasteiger partial charge in [-0.3, -0.25) is 4.79 Å². The van der Waals surface area contributed by atoms with E-state index in [1.165, 1.54) is 6.92 Å². The molecule has 2 fully saturated rings. The molecule has 0 radical (unpaired) electrons. The SMILES string of the molecule is CC1Nc2ccc(Nc3ncc(C(F)(F)F)c(NC4CC4)n3)cc2O1.CCN1CCCc2cc(Nc3ncc(C(F)(F)F)c(NC4CC4)n3)cnc21.COc1cc(Nc2ncc(Br)c(Oc3ccccc3CC(C)=O)n2)cc(OC)c1OC.COc1cc(Nc2ncc(Br)c(Oc3ccccc3N)n2)cc(OC)c1OC. The number of hydrogen-bond acceptors (Lipinski definition) is 28. The zero-order valence-electron chi connectivity index (χ0n) is 61.4. The van der Waals surface area contributed by atoms with Gasteiger partial charge in [0.15, 0.2) is 35.0 Å². The number of pyridine rings is 1. The Kier molecular flexibility index (Phi) is 26.1. The van der Waals surface area contributed by atoms with Crippen molar-refractivity contribution in [1.82, 2.24) is 44.9 Å². The van der Waals surface area contributed by atoms with Crippen molar-refractivity contribution in [2.75, 3.05) is 104 Å². The van der Waals surface area contributed by atoms with E-state index in [0.29, 0.717) is 113 Å². The Morgan fingerprint density at radius 1 is 0.568 bits per heavy atom. The summed E-state index contributed by atoms with van der Waals surface area (Å²) in [5.74, 6) is 6.82. The van der Waals surface area contributed by atoms with Crippen molar-refractivity contribution < 1.29 is 73.8 Å². The second kappa shape index (κ2) is 36.1. The van der Waals surface area contributed by atoms with Crippen LogP contribution < -0.4 is 90.5 Å². The van der Waals surface area contributed by atoms with Gasteiger partial charge in [-0.2, -0.15) is 46.3 Å². The van der Waals surface area contributed by atoms with E-state index in [1.54, 1.807) is 116 Å². The van der Waals surface area contributed by atoms with Crippen LogP contribution in [0.1, 0.15) is 75.1 Å². The fourth-order valence-corrected chi connectivity index (χ4v) is 11.7. The molecular weight excluding hydrogens is 1590 g/mol. The zero-order valence-corrected chi connectivity index (χ0v) is 64.5. The summed E-state index contributed by atoms with van der Waals surface area (Å²) in [6.45, 7) is 7.39. The number of nitrogen functional groups attached to an aromatic ring is 1. The van der Waals surface area contributed by atoms with Crippen LogP contribution in [0.15, 0.2) is 137 Å². The molecule has 2 aliphatic carbocycles. The molecule has 1 atom stereocenters. The van der Waals surface area contributed by atoms with Gasteiger partial charge < -0.3 is 90.5 Å². The highest BCUT2D eigenvalue weighted by Crippen LogP contribution is 2.45. The van der Waals surface area contributed by atoms with E-state index in [-0.39, 0.29) is 54.0 Å². The normalized spacial score (nSPS) is 13.8. The average molecular weight is 1670 g/mol. The number of nitrogens with one attached hydrogen (secondary N) is 7. The highest BCUT2D eigenvalue weighted by molar-refractivity contribution is 9.11. The summed E-state index contributed by atoms with van der Waals surface area (Å²) in [7, 11) is 9.27. The van der Waals surface area contributed by atoms with Gasteiger partial charge in [0.05, 0.1) is 87.3 Å². The van der Waals surface area contributed by atoms with E-state index in [2.05, 4.69) is 126 Å². The Bertz CT molecular complexity index is 4890. The van der Waals surface area contributed by atoms with Crippen LogP contribution in [0.5, 0.6) is 63.5 Å². The molecule has 14 rings (SSSR count). The topological polar surface area (TPSA) is 330 Å². The van der Waals surface area contributed by atoms with Crippen LogP contribution in [0.4, 0.5) is 102 Å². The second-order valence-electron chi connectivity index (χ2n) is 25.0. The molecule has 0 bridgehead atoms. The van der Waals surface area contributed by atoms with Crippen molar-refractivity contribution in [2.24, 2.45) is 0 Å². The van der Waals surface area contributed by atoms with Crippen molar-refractivity contribution in [3.8, 4) is 63.5 Å². The first-order valence-corrected chi connectivity index (χ1v) is 36.1. The number of benzene rings is 5. The zero-order chi connectivity index (χ0) is 79.1. The molecule has 5 aromatic heterocycles. The molecular formula is C75H78Br2F6N18O10. The van der Waals surface area contributed by atoms with Crippen LogP contribution in [0.25, 0.3) is 0 Å². The fraction of sp³-hybridized carbons (Fsp3) is 0.307. The summed E-state index contributed by atoms with van der Waals surface area (Å²) in [6, 6.07) is 28.9. The first-order valence-electron chi connectivity index (χ1n) is 34.6. The maximum Gasteiger partial charge on any atom is 0.421 e. The lowest BCUT2D eigenvalue weighted by molar-refractivity contribution is -0.138. The number of Topliss-reactive ketones (excluding diaryl/α,β-unsaturated/α-hetero) is 1. The Morgan fingerprint density at radius 2 is 1.04 bits per heavy atom.